The smallest absolute Gasteiger partial charge is 0.0731 e. The van der Waals surface area contributed by atoms with Crippen molar-refractivity contribution in [2.75, 3.05) is 4.90 Å². The fourth-order valence-corrected chi connectivity index (χ4v) is 10.9. The van der Waals surface area contributed by atoms with Crippen molar-refractivity contribution >= 4 is 60.0 Å². The quantitative estimate of drug-likeness (QED) is 0.172. The van der Waals surface area contributed by atoms with E-state index in [0.29, 0.717) is 0 Å². The van der Waals surface area contributed by atoms with Gasteiger partial charge in [-0.25, -0.2) is 0 Å². The molecule has 0 bridgehead atoms. The van der Waals surface area contributed by atoms with Crippen molar-refractivity contribution in [1.82, 2.24) is 0 Å². The minimum absolute atomic E-state index is 0.427. The van der Waals surface area contributed by atoms with Crippen molar-refractivity contribution in [3.8, 4) is 22.3 Å². The zero-order valence-corrected chi connectivity index (χ0v) is 31.1. The molecule has 0 amide bonds. The van der Waals surface area contributed by atoms with E-state index in [1.54, 1.807) is 0 Å². The lowest BCUT2D eigenvalue weighted by molar-refractivity contribution is 0.802. The highest BCUT2D eigenvalue weighted by Crippen LogP contribution is 2.64. The van der Waals surface area contributed by atoms with Crippen LogP contribution in [0, 0.1) is 6.92 Å². The van der Waals surface area contributed by atoms with Crippen molar-refractivity contribution in [3.63, 3.8) is 0 Å². The van der Waals surface area contributed by atoms with E-state index in [1.165, 1.54) is 92.3 Å². The standard InChI is InChI=1S/C52H37NS/c1-3-15-48(51-33(2)39-19-11-14-25-49(39)54-51)53(37-17-5-4-6-18-37)38-28-26-35-31-44-43-29-27-34-16-7-8-20-40(34)50(43)52(47(44)32-36(35)30-38)45-23-12-9-21-41(45)42-22-10-13-24-46(42)52/h4-32H,3H2,1-2H3/b48-15+. The Hall–Kier alpha value is -6.22. The van der Waals surface area contributed by atoms with Gasteiger partial charge in [-0.15, -0.1) is 11.3 Å². The van der Waals surface area contributed by atoms with Crippen molar-refractivity contribution in [3.05, 3.63) is 209 Å². The number of para-hydroxylation sites is 1. The molecule has 2 aliphatic carbocycles. The largest absolute Gasteiger partial charge is 0.309 e. The first kappa shape index (κ1) is 31.3. The molecule has 256 valence electrons. The van der Waals surface area contributed by atoms with Crippen LogP contribution in [-0.2, 0) is 5.41 Å². The maximum absolute atomic E-state index is 2.53. The first-order valence-corrected chi connectivity index (χ1v) is 19.8. The van der Waals surface area contributed by atoms with Gasteiger partial charge in [-0.3, -0.25) is 0 Å². The van der Waals surface area contributed by atoms with Crippen molar-refractivity contribution < 1.29 is 0 Å². The summed E-state index contributed by atoms with van der Waals surface area (Å²) in [7, 11) is 0. The van der Waals surface area contributed by atoms with Crippen LogP contribution >= 0.6 is 11.3 Å². The van der Waals surface area contributed by atoms with Crippen molar-refractivity contribution in [2.45, 2.75) is 25.7 Å². The Bertz CT molecular complexity index is 2950. The normalized spacial score (nSPS) is 13.7. The maximum Gasteiger partial charge on any atom is 0.0731 e. The summed E-state index contributed by atoms with van der Waals surface area (Å²) >= 11 is 1.89. The van der Waals surface area contributed by atoms with Crippen molar-refractivity contribution in [2.24, 2.45) is 0 Å². The zero-order chi connectivity index (χ0) is 36.0. The molecule has 1 nitrogen and oxygen atoms in total. The minimum atomic E-state index is -0.427. The third-order valence-corrected chi connectivity index (χ3v) is 13.2. The summed E-state index contributed by atoms with van der Waals surface area (Å²) in [4.78, 5) is 3.79. The number of hydrogen-bond acceptors (Lipinski definition) is 2. The summed E-state index contributed by atoms with van der Waals surface area (Å²) in [5.41, 5.74) is 15.3. The molecule has 0 radical (unpaired) electrons. The highest BCUT2D eigenvalue weighted by Gasteiger charge is 2.52. The van der Waals surface area contributed by atoms with E-state index in [4.69, 9.17) is 0 Å². The molecule has 1 aromatic heterocycles. The Balaban J connectivity index is 1.19. The number of hydrogen-bond donors (Lipinski definition) is 0. The van der Waals surface area contributed by atoms with Gasteiger partial charge in [0.25, 0.3) is 0 Å². The molecule has 11 rings (SSSR count). The molecule has 1 heterocycles. The lowest BCUT2D eigenvalue weighted by atomic mass is 9.69. The van der Waals surface area contributed by atoms with Crippen LogP contribution in [0.2, 0.25) is 0 Å². The molecule has 0 saturated heterocycles. The van der Waals surface area contributed by atoms with E-state index in [2.05, 4.69) is 195 Å². The molecule has 8 aromatic carbocycles. The molecule has 2 aliphatic rings. The summed E-state index contributed by atoms with van der Waals surface area (Å²) in [6.45, 7) is 4.52. The second kappa shape index (κ2) is 11.9. The Morgan fingerprint density at radius 1 is 0.537 bits per heavy atom. The van der Waals surface area contributed by atoms with Crippen LogP contribution in [0.5, 0.6) is 0 Å². The predicted molar refractivity (Wildman–Crippen MR) is 231 cm³/mol. The monoisotopic (exact) mass is 707 g/mol. The molecule has 9 aromatic rings. The van der Waals surface area contributed by atoms with Crippen LogP contribution in [0.4, 0.5) is 11.4 Å². The molecule has 2 heteroatoms. The topological polar surface area (TPSA) is 3.24 Å². The molecule has 1 spiro atoms. The van der Waals surface area contributed by atoms with Gasteiger partial charge in [0.15, 0.2) is 0 Å². The Morgan fingerprint density at radius 2 is 1.20 bits per heavy atom. The third-order valence-electron chi connectivity index (χ3n) is 11.9. The molecule has 0 saturated carbocycles. The number of benzene rings is 8. The molecule has 0 N–H and O–H groups in total. The molecular formula is C52H37NS. The minimum Gasteiger partial charge on any atom is -0.309 e. The second-order valence-corrected chi connectivity index (χ2v) is 15.8. The van der Waals surface area contributed by atoms with Crippen LogP contribution in [0.15, 0.2) is 176 Å². The first-order chi connectivity index (χ1) is 26.7. The van der Waals surface area contributed by atoms with Gasteiger partial charge in [-0.05, 0) is 133 Å². The Kier molecular flexibility index (Phi) is 6.90. The van der Waals surface area contributed by atoms with Gasteiger partial charge >= 0.3 is 0 Å². The number of nitrogens with zero attached hydrogens (tertiary/aromatic N) is 1. The van der Waals surface area contributed by atoms with Crippen LogP contribution in [0.1, 0.15) is 46.0 Å². The SMILES string of the molecule is CC/C=C(\c1sc2ccccc2c1C)N(c1ccccc1)c1ccc2cc3c(cc2c1)C1(c2ccccc2-c2ccccc21)c1c-3ccc2ccccc12. The number of rotatable bonds is 5. The van der Waals surface area contributed by atoms with Crippen LogP contribution in [0.25, 0.3) is 59.6 Å². The van der Waals surface area contributed by atoms with Crippen LogP contribution in [-0.4, -0.2) is 0 Å². The molecular weight excluding hydrogens is 671 g/mol. The molecule has 0 atom stereocenters. The first-order valence-electron chi connectivity index (χ1n) is 19.0. The van der Waals surface area contributed by atoms with E-state index in [0.717, 1.165) is 17.8 Å². The summed E-state index contributed by atoms with van der Waals surface area (Å²) in [5.74, 6) is 0. The molecule has 0 unspecified atom stereocenters. The summed E-state index contributed by atoms with van der Waals surface area (Å²) in [6, 6.07) is 63.7. The second-order valence-electron chi connectivity index (χ2n) is 14.7. The van der Waals surface area contributed by atoms with Gasteiger partial charge in [-0.2, -0.15) is 0 Å². The fraction of sp³-hybridized carbons (Fsp3) is 0.0769. The highest BCUT2D eigenvalue weighted by atomic mass is 32.1. The van der Waals surface area contributed by atoms with E-state index >= 15 is 0 Å². The average Bonchev–Trinajstić information content (AvgIpc) is 3.83. The maximum atomic E-state index is 2.53. The Labute approximate surface area is 320 Å². The number of anilines is 2. The van der Waals surface area contributed by atoms with E-state index < -0.39 is 5.41 Å². The van der Waals surface area contributed by atoms with E-state index in [9.17, 15) is 0 Å². The lowest BCUT2D eigenvalue weighted by Crippen LogP contribution is -2.26. The summed E-state index contributed by atoms with van der Waals surface area (Å²) in [6.07, 6.45) is 3.34. The summed E-state index contributed by atoms with van der Waals surface area (Å²) < 4.78 is 1.32. The van der Waals surface area contributed by atoms with Gasteiger partial charge < -0.3 is 4.90 Å². The third kappa shape index (κ3) is 4.26. The van der Waals surface area contributed by atoms with Gasteiger partial charge in [0.1, 0.15) is 0 Å². The van der Waals surface area contributed by atoms with Crippen LogP contribution in [0.3, 0.4) is 0 Å². The fourth-order valence-electron chi connectivity index (χ4n) is 9.69. The average molecular weight is 708 g/mol. The summed E-state index contributed by atoms with van der Waals surface area (Å²) in [5, 5.41) is 6.43. The zero-order valence-electron chi connectivity index (χ0n) is 30.3. The van der Waals surface area contributed by atoms with E-state index in [-0.39, 0.29) is 0 Å². The Morgan fingerprint density at radius 3 is 1.96 bits per heavy atom. The van der Waals surface area contributed by atoms with Gasteiger partial charge in [0.05, 0.1) is 16.0 Å². The number of fused-ring (bicyclic) bond motifs is 14. The number of aryl methyl sites for hydroxylation is 1. The number of allylic oxidation sites excluding steroid dienone is 1. The molecule has 0 fully saturated rings. The van der Waals surface area contributed by atoms with Gasteiger partial charge in [-0.1, -0.05) is 140 Å². The van der Waals surface area contributed by atoms with Gasteiger partial charge in [0.2, 0.25) is 0 Å². The van der Waals surface area contributed by atoms with Crippen LogP contribution < -0.4 is 4.90 Å². The highest BCUT2D eigenvalue weighted by molar-refractivity contribution is 7.20. The molecule has 54 heavy (non-hydrogen) atoms. The predicted octanol–water partition coefficient (Wildman–Crippen LogP) is 14.4. The van der Waals surface area contributed by atoms with E-state index in [1.807, 2.05) is 11.3 Å². The van der Waals surface area contributed by atoms with Crippen molar-refractivity contribution in [1.29, 1.82) is 0 Å². The lowest BCUT2D eigenvalue weighted by Gasteiger charge is -2.32. The molecule has 0 aliphatic heterocycles. The number of thiophene rings is 1. The van der Waals surface area contributed by atoms with Gasteiger partial charge in [0, 0.05) is 16.1 Å².